The van der Waals surface area contributed by atoms with E-state index in [0.717, 1.165) is 6.07 Å². The number of fused-ring (bicyclic) bond motifs is 1. The zero-order valence-corrected chi connectivity index (χ0v) is 7.89. The molecule has 16 heavy (non-hydrogen) atoms. The number of phenols is 2. The zero-order valence-electron chi connectivity index (χ0n) is 7.89. The highest BCUT2D eigenvalue weighted by atomic mass is 16.3. The predicted octanol–water partition coefficient (Wildman–Crippen LogP) is 0.344. The van der Waals surface area contributed by atoms with Crippen LogP contribution in [0, 0.1) is 0 Å². The molecule has 1 aliphatic carbocycles. The van der Waals surface area contributed by atoms with Crippen LogP contribution < -0.4 is 5.73 Å². The van der Waals surface area contributed by atoms with Gasteiger partial charge in [-0.1, -0.05) is 0 Å². The van der Waals surface area contributed by atoms with Gasteiger partial charge in [-0.25, -0.2) is 0 Å². The van der Waals surface area contributed by atoms with Gasteiger partial charge in [-0.15, -0.1) is 0 Å². The maximum Gasteiger partial charge on any atom is 0.236 e. The summed E-state index contributed by atoms with van der Waals surface area (Å²) in [7, 11) is 0. The van der Waals surface area contributed by atoms with Crippen LogP contribution in [-0.2, 0) is 4.79 Å². The number of aliphatic hydroxyl groups is 1. The van der Waals surface area contributed by atoms with E-state index in [1.165, 1.54) is 0 Å². The van der Waals surface area contributed by atoms with Gasteiger partial charge in [-0.3, -0.25) is 9.59 Å². The van der Waals surface area contributed by atoms with Gasteiger partial charge in [-0.05, 0) is 0 Å². The first-order valence-electron chi connectivity index (χ1n) is 4.27. The van der Waals surface area contributed by atoms with Gasteiger partial charge < -0.3 is 21.1 Å². The zero-order chi connectivity index (χ0) is 12.0. The van der Waals surface area contributed by atoms with Crippen molar-refractivity contribution in [1.82, 2.24) is 0 Å². The van der Waals surface area contributed by atoms with Gasteiger partial charge in [0.2, 0.25) is 11.6 Å². The summed E-state index contributed by atoms with van der Waals surface area (Å²) in [5, 5.41) is 28.2. The maximum atomic E-state index is 11.5. The number of rotatable bonds is 0. The lowest BCUT2D eigenvalue weighted by Crippen LogP contribution is -2.20. The molecule has 0 saturated heterocycles. The molecule has 0 radical (unpaired) electrons. The standard InChI is InChI=1S/C10H7NO5/c11-9-5(14)1-3(12)7-4(13)2-6(15)10(16)8(7)9/h1-2,12-14H,11H2. The highest BCUT2D eigenvalue weighted by Gasteiger charge is 2.31. The van der Waals surface area contributed by atoms with Crippen LogP contribution >= 0.6 is 0 Å². The molecule has 6 heteroatoms. The first-order chi connectivity index (χ1) is 7.43. The van der Waals surface area contributed by atoms with Crippen molar-refractivity contribution in [2.75, 3.05) is 5.73 Å². The van der Waals surface area contributed by atoms with Crippen LogP contribution in [-0.4, -0.2) is 26.9 Å². The quantitative estimate of drug-likeness (QED) is 0.217. The molecule has 0 amide bonds. The van der Waals surface area contributed by atoms with Crippen molar-refractivity contribution in [3.05, 3.63) is 23.3 Å². The van der Waals surface area contributed by atoms with E-state index in [1.54, 1.807) is 0 Å². The highest BCUT2D eigenvalue weighted by molar-refractivity contribution is 6.51. The molecule has 0 aromatic heterocycles. The number of carbonyl (C=O) groups is 2. The van der Waals surface area contributed by atoms with E-state index in [-0.39, 0.29) is 16.8 Å². The fraction of sp³-hybridized carbons (Fsp3) is 0. The molecule has 6 nitrogen and oxygen atoms in total. The lowest BCUT2D eigenvalue weighted by molar-refractivity contribution is -0.111. The molecular formula is C10H7NO5. The Morgan fingerprint density at radius 3 is 2.25 bits per heavy atom. The number of allylic oxidation sites excluding steroid dienone is 1. The Bertz CT molecular complexity index is 559. The van der Waals surface area contributed by atoms with Crippen LogP contribution in [0.15, 0.2) is 12.1 Å². The van der Waals surface area contributed by atoms with Gasteiger partial charge in [0, 0.05) is 12.1 Å². The van der Waals surface area contributed by atoms with Crippen molar-refractivity contribution in [3.63, 3.8) is 0 Å². The number of nitrogens with two attached hydrogens (primary N) is 1. The summed E-state index contributed by atoms with van der Waals surface area (Å²) >= 11 is 0. The van der Waals surface area contributed by atoms with Crippen molar-refractivity contribution in [2.45, 2.75) is 0 Å². The molecule has 1 aromatic rings. The summed E-state index contributed by atoms with van der Waals surface area (Å²) in [4.78, 5) is 22.6. The SMILES string of the molecule is Nc1c(O)cc(O)c2c1C(=O)C(=O)C=C2O. The Balaban J connectivity index is 2.90. The van der Waals surface area contributed by atoms with E-state index in [0.29, 0.717) is 6.08 Å². The number of Topliss-reactive ketones (excluding diaryl/α,β-unsaturated/α-hetero) is 1. The number of aromatic hydroxyl groups is 2. The fourth-order valence-corrected chi connectivity index (χ4v) is 1.55. The van der Waals surface area contributed by atoms with Crippen LogP contribution in [0.3, 0.4) is 0 Å². The molecule has 0 fully saturated rings. The average Bonchev–Trinajstić information content (AvgIpc) is 2.20. The lowest BCUT2D eigenvalue weighted by Gasteiger charge is -2.16. The van der Waals surface area contributed by atoms with Crippen molar-refractivity contribution in [3.8, 4) is 11.5 Å². The van der Waals surface area contributed by atoms with Crippen LogP contribution in [0.2, 0.25) is 0 Å². The van der Waals surface area contributed by atoms with E-state index in [2.05, 4.69) is 0 Å². The van der Waals surface area contributed by atoms with Gasteiger partial charge in [0.1, 0.15) is 17.3 Å². The molecule has 5 N–H and O–H groups in total. The van der Waals surface area contributed by atoms with Gasteiger partial charge in [0.05, 0.1) is 16.8 Å². The second-order valence-corrected chi connectivity index (χ2v) is 3.30. The van der Waals surface area contributed by atoms with Crippen molar-refractivity contribution in [1.29, 1.82) is 0 Å². The van der Waals surface area contributed by atoms with Crippen LogP contribution in [0.5, 0.6) is 11.5 Å². The number of anilines is 1. The summed E-state index contributed by atoms with van der Waals surface area (Å²) in [6, 6.07) is 0.890. The minimum absolute atomic E-state index is 0.236. The summed E-state index contributed by atoms with van der Waals surface area (Å²) in [6.07, 6.45) is 0.695. The topological polar surface area (TPSA) is 121 Å². The Hall–Kier alpha value is -2.50. The molecule has 2 rings (SSSR count). The second-order valence-electron chi connectivity index (χ2n) is 3.30. The number of aliphatic hydroxyl groups excluding tert-OH is 1. The minimum Gasteiger partial charge on any atom is -0.507 e. The molecule has 0 unspecified atom stereocenters. The fourth-order valence-electron chi connectivity index (χ4n) is 1.55. The molecule has 1 aromatic carbocycles. The normalized spacial score (nSPS) is 14.6. The van der Waals surface area contributed by atoms with E-state index in [9.17, 15) is 24.9 Å². The largest absolute Gasteiger partial charge is 0.507 e. The summed E-state index contributed by atoms with van der Waals surface area (Å²) in [5.74, 6) is -3.52. The first kappa shape index (κ1) is 10.0. The van der Waals surface area contributed by atoms with Gasteiger partial charge in [0.25, 0.3) is 0 Å². The maximum absolute atomic E-state index is 11.5. The summed E-state index contributed by atoms with van der Waals surface area (Å²) < 4.78 is 0. The van der Waals surface area contributed by atoms with Crippen molar-refractivity contribution >= 4 is 23.0 Å². The number of nitrogen functional groups attached to an aromatic ring is 1. The molecule has 1 aliphatic rings. The summed E-state index contributed by atoms with van der Waals surface area (Å²) in [6.45, 7) is 0. The third kappa shape index (κ3) is 1.13. The predicted molar refractivity (Wildman–Crippen MR) is 54.1 cm³/mol. The number of benzene rings is 1. The Morgan fingerprint density at radius 1 is 1.00 bits per heavy atom. The van der Waals surface area contributed by atoms with E-state index in [4.69, 9.17) is 5.73 Å². The molecule has 0 aliphatic heterocycles. The number of phenolic OH excluding ortho intramolecular Hbond substituents is 2. The lowest BCUT2D eigenvalue weighted by atomic mass is 9.91. The molecule has 0 atom stereocenters. The third-order valence-corrected chi connectivity index (χ3v) is 2.30. The molecule has 0 heterocycles. The number of hydrogen-bond donors (Lipinski definition) is 4. The first-order valence-corrected chi connectivity index (χ1v) is 4.27. The van der Waals surface area contributed by atoms with Gasteiger partial charge in [0.15, 0.2) is 0 Å². The number of hydrogen-bond acceptors (Lipinski definition) is 6. The molecule has 0 bridgehead atoms. The Labute approximate surface area is 89.2 Å². The molecular weight excluding hydrogens is 214 g/mol. The molecule has 0 saturated carbocycles. The monoisotopic (exact) mass is 221 g/mol. The molecule has 0 spiro atoms. The van der Waals surface area contributed by atoms with Crippen molar-refractivity contribution in [2.24, 2.45) is 0 Å². The number of carbonyl (C=O) groups excluding carboxylic acids is 2. The van der Waals surface area contributed by atoms with Crippen LogP contribution in [0.1, 0.15) is 15.9 Å². The number of ketones is 2. The van der Waals surface area contributed by atoms with E-state index in [1.807, 2.05) is 0 Å². The Kier molecular flexibility index (Phi) is 1.88. The second kappa shape index (κ2) is 2.99. The van der Waals surface area contributed by atoms with Gasteiger partial charge in [-0.2, -0.15) is 0 Å². The van der Waals surface area contributed by atoms with Crippen molar-refractivity contribution < 1.29 is 24.9 Å². The minimum atomic E-state index is -0.975. The summed E-state index contributed by atoms with van der Waals surface area (Å²) in [5.41, 5.74) is 4.46. The van der Waals surface area contributed by atoms with Gasteiger partial charge >= 0.3 is 0 Å². The van der Waals surface area contributed by atoms with E-state index < -0.39 is 28.8 Å². The smallest absolute Gasteiger partial charge is 0.236 e. The third-order valence-electron chi connectivity index (χ3n) is 2.30. The highest BCUT2D eigenvalue weighted by Crippen LogP contribution is 2.39. The molecule has 82 valence electrons. The average molecular weight is 221 g/mol. The Morgan fingerprint density at radius 2 is 1.62 bits per heavy atom. The van der Waals surface area contributed by atoms with Crippen LogP contribution in [0.25, 0.3) is 5.76 Å². The van der Waals surface area contributed by atoms with E-state index >= 15 is 0 Å². The van der Waals surface area contributed by atoms with Crippen LogP contribution in [0.4, 0.5) is 5.69 Å².